The summed E-state index contributed by atoms with van der Waals surface area (Å²) in [4.78, 5) is 101. The van der Waals surface area contributed by atoms with Crippen LogP contribution in [0.2, 0.25) is 0 Å². The largest absolute Gasteiger partial charge is 0.444 e. The van der Waals surface area contributed by atoms with Crippen molar-refractivity contribution in [1.29, 1.82) is 0 Å². The smallest absolute Gasteiger partial charge is 0.422 e. The summed E-state index contributed by atoms with van der Waals surface area (Å²) in [5.74, 6) is -3.98. The van der Waals surface area contributed by atoms with Gasteiger partial charge in [-0.05, 0) is 55.8 Å². The minimum Gasteiger partial charge on any atom is -0.444 e. The standard InChI is InChI=1S/C33H43FN8O10/c1-19(2)27(39-24(43)8-4-3-5-16-41-25(44)13-14-26(41)45)30(48)38-23(7-6-15-36-31(35)49)29(47)37-21-11-9-20(10-12-21)18-52-33(51)42-17-22(34)28(46)40-32(42)50/h9-14,17,19,23,27,31,36,49H,3-8,15-16,18,35H2,1-2H3,(H,37,47)(H,38,48)(H,39,43)(H,40,46,50)/t23-,27-,31?/m0/s1. The van der Waals surface area contributed by atoms with Gasteiger partial charge in [-0.2, -0.15) is 4.39 Å². The highest BCUT2D eigenvalue weighted by Crippen LogP contribution is 2.14. The maximum Gasteiger partial charge on any atom is 0.422 e. The van der Waals surface area contributed by atoms with Crippen LogP contribution in [-0.4, -0.2) is 86.7 Å². The van der Waals surface area contributed by atoms with Gasteiger partial charge in [-0.25, -0.2) is 14.2 Å². The van der Waals surface area contributed by atoms with Crippen LogP contribution in [0.15, 0.2) is 52.2 Å². The second-order valence-electron chi connectivity index (χ2n) is 12.2. The van der Waals surface area contributed by atoms with Crippen molar-refractivity contribution in [2.45, 2.75) is 77.4 Å². The summed E-state index contributed by atoms with van der Waals surface area (Å²) in [6.45, 7) is 3.61. The fourth-order valence-corrected chi connectivity index (χ4v) is 4.96. The van der Waals surface area contributed by atoms with Crippen LogP contribution in [0.5, 0.6) is 0 Å². The average Bonchev–Trinajstić information content (AvgIpc) is 3.41. The lowest BCUT2D eigenvalue weighted by Gasteiger charge is -2.25. The zero-order valence-electron chi connectivity index (χ0n) is 28.7. The summed E-state index contributed by atoms with van der Waals surface area (Å²) in [6.07, 6.45) is 2.44. The van der Waals surface area contributed by atoms with Crippen molar-refractivity contribution in [2.75, 3.05) is 18.4 Å². The van der Waals surface area contributed by atoms with Gasteiger partial charge >= 0.3 is 11.8 Å². The molecule has 0 saturated heterocycles. The first-order valence-corrected chi connectivity index (χ1v) is 16.5. The van der Waals surface area contributed by atoms with Gasteiger partial charge in [0.25, 0.3) is 17.4 Å². The maximum atomic E-state index is 13.5. The van der Waals surface area contributed by atoms with Gasteiger partial charge in [-0.15, -0.1) is 0 Å². The number of hydrogen-bond acceptors (Lipinski definition) is 12. The van der Waals surface area contributed by atoms with Crippen LogP contribution in [0.1, 0.15) is 57.9 Å². The number of ether oxygens (including phenoxy) is 1. The predicted octanol–water partition coefficient (Wildman–Crippen LogP) is -0.485. The molecule has 3 rings (SSSR count). The molecule has 8 N–H and O–H groups in total. The molecular weight excluding hydrogens is 687 g/mol. The molecule has 0 spiro atoms. The van der Waals surface area contributed by atoms with Gasteiger partial charge in [0.15, 0.2) is 6.35 Å². The van der Waals surface area contributed by atoms with E-state index < -0.39 is 53.4 Å². The van der Waals surface area contributed by atoms with Crippen LogP contribution in [0, 0.1) is 11.7 Å². The van der Waals surface area contributed by atoms with E-state index >= 15 is 0 Å². The summed E-state index contributed by atoms with van der Waals surface area (Å²) in [5.41, 5.74) is 3.61. The number of carbonyl (C=O) groups excluding carboxylic acids is 6. The molecule has 2 aromatic rings. The van der Waals surface area contributed by atoms with Crippen LogP contribution >= 0.6 is 0 Å². The molecule has 1 aliphatic rings. The molecule has 0 bridgehead atoms. The van der Waals surface area contributed by atoms with E-state index in [1.807, 2.05) is 0 Å². The van der Waals surface area contributed by atoms with Crippen molar-refractivity contribution in [3.05, 3.63) is 74.8 Å². The van der Waals surface area contributed by atoms with Gasteiger partial charge in [0, 0.05) is 30.8 Å². The second-order valence-corrected chi connectivity index (χ2v) is 12.2. The summed E-state index contributed by atoms with van der Waals surface area (Å²) in [6, 6.07) is 3.96. The highest BCUT2D eigenvalue weighted by molar-refractivity contribution is 6.12. The number of hydrogen-bond donors (Lipinski definition) is 7. The Bertz CT molecular complexity index is 1740. The van der Waals surface area contributed by atoms with Crippen LogP contribution in [0.3, 0.4) is 0 Å². The molecular formula is C33H43FN8O10. The van der Waals surface area contributed by atoms with Crippen LogP contribution in [0.25, 0.3) is 0 Å². The van der Waals surface area contributed by atoms with Gasteiger partial charge in [0.2, 0.25) is 23.5 Å². The molecule has 1 aromatic heterocycles. The normalized spacial score (nSPS) is 14.2. The topological polar surface area (TPSA) is 264 Å². The first-order valence-electron chi connectivity index (χ1n) is 16.5. The maximum absolute atomic E-state index is 13.5. The molecule has 282 valence electrons. The lowest BCUT2D eigenvalue weighted by atomic mass is 10.0. The Hall–Kier alpha value is -5.53. The van der Waals surface area contributed by atoms with Gasteiger partial charge in [-0.3, -0.25) is 49.7 Å². The summed E-state index contributed by atoms with van der Waals surface area (Å²) < 4.78 is 18.8. The number of carbonyl (C=O) groups is 6. The number of halogens is 1. The number of nitrogens with zero attached hydrogens (tertiary/aromatic N) is 2. The molecule has 19 heteroatoms. The molecule has 0 saturated carbocycles. The number of aromatic amines is 1. The molecule has 0 radical (unpaired) electrons. The lowest BCUT2D eigenvalue weighted by Crippen LogP contribution is -2.54. The van der Waals surface area contributed by atoms with Crippen LogP contribution in [0.4, 0.5) is 14.9 Å². The molecule has 18 nitrogen and oxygen atoms in total. The van der Waals surface area contributed by atoms with E-state index in [0.717, 1.165) is 4.90 Å². The van der Waals surface area contributed by atoms with Gasteiger partial charge in [-0.1, -0.05) is 32.4 Å². The Balaban J connectivity index is 1.56. The third kappa shape index (κ3) is 12.7. The minimum atomic E-state index is -1.35. The van der Waals surface area contributed by atoms with Crippen LogP contribution in [-0.2, 0) is 35.3 Å². The number of imide groups is 1. The Morgan fingerprint density at radius 1 is 0.942 bits per heavy atom. The van der Waals surface area contributed by atoms with Crippen molar-refractivity contribution < 1.29 is 43.0 Å². The number of aliphatic hydroxyl groups is 1. The first kappa shape index (κ1) is 40.9. The number of aromatic nitrogens is 2. The van der Waals surface area contributed by atoms with E-state index in [1.165, 1.54) is 36.4 Å². The highest BCUT2D eigenvalue weighted by atomic mass is 19.1. The number of anilines is 1. The predicted molar refractivity (Wildman–Crippen MR) is 182 cm³/mol. The second kappa shape index (κ2) is 19.8. The molecule has 5 amide bonds. The molecule has 1 unspecified atom stereocenters. The molecule has 1 aliphatic heterocycles. The Morgan fingerprint density at radius 2 is 1.62 bits per heavy atom. The van der Waals surface area contributed by atoms with E-state index in [2.05, 4.69) is 21.3 Å². The zero-order valence-corrected chi connectivity index (χ0v) is 28.7. The third-order valence-electron chi connectivity index (χ3n) is 7.79. The van der Waals surface area contributed by atoms with Crippen molar-refractivity contribution >= 4 is 41.3 Å². The summed E-state index contributed by atoms with van der Waals surface area (Å²) >= 11 is 0. The van der Waals surface area contributed by atoms with E-state index in [1.54, 1.807) is 18.8 Å². The number of rotatable bonds is 19. The molecule has 0 fully saturated rings. The van der Waals surface area contributed by atoms with Gasteiger partial charge < -0.3 is 25.8 Å². The quantitative estimate of drug-likeness (QED) is 0.0549. The number of unbranched alkanes of at least 4 members (excludes halogenated alkanes) is 2. The Labute approximate surface area is 297 Å². The van der Waals surface area contributed by atoms with Crippen LogP contribution < -0.4 is 38.2 Å². The average molecular weight is 731 g/mol. The zero-order chi connectivity index (χ0) is 38.4. The summed E-state index contributed by atoms with van der Waals surface area (Å²) in [5, 5.41) is 20.0. The van der Waals surface area contributed by atoms with Crippen molar-refractivity contribution in [3.63, 3.8) is 0 Å². The minimum absolute atomic E-state index is 0.104. The van der Waals surface area contributed by atoms with Crippen molar-refractivity contribution in [3.8, 4) is 0 Å². The Kier molecular flexibility index (Phi) is 15.5. The van der Waals surface area contributed by atoms with E-state index in [4.69, 9.17) is 10.5 Å². The number of amides is 5. The summed E-state index contributed by atoms with van der Waals surface area (Å²) in [7, 11) is 0. The van der Waals surface area contributed by atoms with Gasteiger partial charge in [0.1, 0.15) is 18.7 Å². The molecule has 52 heavy (non-hydrogen) atoms. The van der Waals surface area contributed by atoms with E-state index in [-0.39, 0.29) is 60.7 Å². The molecule has 2 heterocycles. The fraction of sp³-hybridized carbons (Fsp3) is 0.455. The number of nitrogens with two attached hydrogens (primary N) is 1. The van der Waals surface area contributed by atoms with E-state index in [9.17, 15) is 47.9 Å². The number of aliphatic hydroxyl groups excluding tert-OH is 1. The SMILES string of the molecule is CC(C)[C@H](NC(=O)CCCCCN1C(=O)C=CC1=O)C(=O)N[C@@H](CCCNC(N)O)C(=O)Nc1ccc(COC(=O)n2cc(F)c(=O)[nH]c2=O)cc1. The molecule has 0 aliphatic carbocycles. The fourth-order valence-electron chi connectivity index (χ4n) is 4.96. The number of H-pyrrole nitrogens is 1. The molecule has 1 aromatic carbocycles. The van der Waals surface area contributed by atoms with Gasteiger partial charge in [0.05, 0.1) is 6.20 Å². The number of nitrogens with one attached hydrogen (secondary N) is 5. The van der Waals surface area contributed by atoms with E-state index in [0.29, 0.717) is 43.1 Å². The molecule has 3 atom stereocenters. The Morgan fingerprint density at radius 3 is 2.25 bits per heavy atom. The highest BCUT2D eigenvalue weighted by Gasteiger charge is 2.29. The number of benzene rings is 1. The first-order chi connectivity index (χ1) is 24.7. The van der Waals surface area contributed by atoms with Crippen molar-refractivity contribution in [2.24, 2.45) is 11.7 Å². The van der Waals surface area contributed by atoms with Crippen molar-refractivity contribution in [1.82, 2.24) is 30.4 Å². The monoisotopic (exact) mass is 730 g/mol. The third-order valence-corrected chi connectivity index (χ3v) is 7.79. The lowest BCUT2D eigenvalue weighted by molar-refractivity contribution is -0.137.